The van der Waals surface area contributed by atoms with E-state index in [-0.39, 0.29) is 11.8 Å². The Morgan fingerprint density at radius 3 is 2.68 bits per heavy atom. The van der Waals surface area contributed by atoms with Gasteiger partial charge in [0.1, 0.15) is 18.5 Å². The van der Waals surface area contributed by atoms with Crippen molar-refractivity contribution in [2.24, 2.45) is 0 Å². The van der Waals surface area contributed by atoms with Crippen LogP contribution in [0.4, 0.5) is 4.39 Å². The number of rotatable bonds is 3. The molecule has 0 spiro atoms. The van der Waals surface area contributed by atoms with Gasteiger partial charge in [0.25, 0.3) is 5.91 Å². The van der Waals surface area contributed by atoms with Gasteiger partial charge in [0.15, 0.2) is 0 Å². The van der Waals surface area contributed by atoms with Gasteiger partial charge >= 0.3 is 0 Å². The number of hydrogen-bond acceptors (Lipinski definition) is 2. The fourth-order valence-electron chi connectivity index (χ4n) is 2.88. The van der Waals surface area contributed by atoms with Gasteiger partial charge in [0.2, 0.25) is 0 Å². The number of ether oxygens (including phenoxy) is 1. The van der Waals surface area contributed by atoms with Crippen molar-refractivity contribution in [1.82, 2.24) is 5.32 Å². The minimum atomic E-state index is -0.616. The summed E-state index contributed by atoms with van der Waals surface area (Å²) < 4.78 is 20.0. The molecule has 1 aliphatic heterocycles. The molecule has 1 amide bonds. The van der Waals surface area contributed by atoms with Gasteiger partial charge in [-0.15, -0.1) is 0 Å². The molecule has 1 heterocycles. The lowest BCUT2D eigenvalue weighted by Gasteiger charge is -2.16. The average molecular weight is 364 g/mol. The maximum atomic E-state index is 13.5. The molecule has 2 atom stereocenters. The van der Waals surface area contributed by atoms with Gasteiger partial charge in [-0.3, -0.25) is 4.79 Å². The predicted molar refractivity (Wildman–Crippen MR) is 86.2 cm³/mol. The first-order valence-corrected chi connectivity index (χ1v) is 7.78. The highest BCUT2D eigenvalue weighted by Gasteiger charge is 2.38. The summed E-state index contributed by atoms with van der Waals surface area (Å²) in [5.74, 6) is 0.00466. The Morgan fingerprint density at radius 1 is 1.32 bits per heavy atom. The van der Waals surface area contributed by atoms with Crippen molar-refractivity contribution in [3.05, 3.63) is 63.6 Å². The Kier molecular flexibility index (Phi) is 4.16. The van der Waals surface area contributed by atoms with Crippen LogP contribution in [0.5, 0.6) is 5.75 Å². The molecule has 2 aromatic carbocycles. The number of hydrogen-bond donors (Lipinski definition) is 1. The summed E-state index contributed by atoms with van der Waals surface area (Å²) in [6.45, 7) is -0.612. The number of amides is 1. The number of fused-ring (bicyclic) bond motifs is 1. The van der Waals surface area contributed by atoms with Crippen LogP contribution in [0.1, 0.15) is 27.4 Å². The Labute approximate surface area is 136 Å². The Morgan fingerprint density at radius 2 is 2.05 bits per heavy atom. The van der Waals surface area contributed by atoms with Crippen molar-refractivity contribution < 1.29 is 13.9 Å². The molecule has 114 valence electrons. The maximum absolute atomic E-state index is 13.5. The second-order valence-electron chi connectivity index (χ2n) is 5.15. The van der Waals surface area contributed by atoms with E-state index in [2.05, 4.69) is 21.2 Å². The summed E-state index contributed by atoms with van der Waals surface area (Å²) in [7, 11) is 1.56. The van der Waals surface area contributed by atoms with Crippen molar-refractivity contribution in [2.75, 3.05) is 13.7 Å². The van der Waals surface area contributed by atoms with E-state index >= 15 is 0 Å². The summed E-state index contributed by atoms with van der Waals surface area (Å²) in [5, 5.41) is 2.59. The van der Waals surface area contributed by atoms with Crippen LogP contribution in [-0.4, -0.2) is 25.7 Å². The van der Waals surface area contributed by atoms with E-state index in [9.17, 15) is 9.18 Å². The van der Waals surface area contributed by atoms with Crippen LogP contribution in [0.25, 0.3) is 0 Å². The molecule has 0 aliphatic carbocycles. The zero-order chi connectivity index (χ0) is 15.7. The molecule has 0 saturated heterocycles. The van der Waals surface area contributed by atoms with Crippen LogP contribution in [0.2, 0.25) is 0 Å². The second kappa shape index (κ2) is 6.08. The molecule has 2 aromatic rings. The number of alkyl halides is 1. The molecule has 5 heteroatoms. The summed E-state index contributed by atoms with van der Waals surface area (Å²) in [6, 6.07) is 13.2. The largest absolute Gasteiger partial charge is 0.486 e. The van der Waals surface area contributed by atoms with Gasteiger partial charge in [-0.1, -0.05) is 46.3 Å². The third-order valence-corrected chi connectivity index (χ3v) is 4.30. The van der Waals surface area contributed by atoms with Crippen molar-refractivity contribution in [1.29, 1.82) is 0 Å². The van der Waals surface area contributed by atoms with Crippen LogP contribution in [0, 0.1) is 0 Å². The van der Waals surface area contributed by atoms with Gasteiger partial charge in [-0.2, -0.15) is 0 Å². The molecule has 1 aliphatic rings. The van der Waals surface area contributed by atoms with Gasteiger partial charge < -0.3 is 10.1 Å². The first-order chi connectivity index (χ1) is 10.7. The van der Waals surface area contributed by atoms with Gasteiger partial charge in [0, 0.05) is 17.1 Å². The fraction of sp³-hybridized carbons (Fsp3) is 0.235. The number of carbonyl (C=O) groups excluding carboxylic acids is 1. The lowest BCUT2D eigenvalue weighted by Crippen LogP contribution is -2.22. The molecule has 0 aromatic heterocycles. The van der Waals surface area contributed by atoms with Crippen LogP contribution in [-0.2, 0) is 0 Å². The molecule has 0 bridgehead atoms. The molecule has 0 radical (unpaired) electrons. The van der Waals surface area contributed by atoms with Crippen molar-refractivity contribution in [3.63, 3.8) is 0 Å². The first kappa shape index (κ1) is 15.0. The molecular formula is C17H15BrFNO2. The standard InChI is InChI=1S/C17H15BrFNO2/c1-20-17(21)13-8-11(18)7-12-15(10-5-3-2-4-6-10)14(9-19)22-16(12)13/h2-8,14-15H,9H2,1H3,(H,20,21)/t14-,15+/m1/s1. The summed E-state index contributed by atoms with van der Waals surface area (Å²) in [6.07, 6.45) is -0.616. The Bertz CT molecular complexity index is 705. The second-order valence-corrected chi connectivity index (χ2v) is 6.07. The minimum Gasteiger partial charge on any atom is -0.486 e. The molecule has 3 rings (SSSR count). The van der Waals surface area contributed by atoms with E-state index in [1.165, 1.54) is 0 Å². The van der Waals surface area contributed by atoms with E-state index in [0.717, 1.165) is 15.6 Å². The predicted octanol–water partition coefficient (Wildman–Crippen LogP) is 3.67. The number of nitrogens with one attached hydrogen (secondary N) is 1. The topological polar surface area (TPSA) is 38.3 Å². The molecule has 22 heavy (non-hydrogen) atoms. The number of halogens is 2. The van der Waals surface area contributed by atoms with Crippen LogP contribution in [0.15, 0.2) is 46.9 Å². The fourth-order valence-corrected chi connectivity index (χ4v) is 3.35. The lowest BCUT2D eigenvalue weighted by atomic mass is 9.88. The van der Waals surface area contributed by atoms with E-state index in [0.29, 0.717) is 11.3 Å². The number of benzene rings is 2. The molecule has 0 unspecified atom stereocenters. The van der Waals surface area contributed by atoms with Crippen LogP contribution >= 0.6 is 15.9 Å². The van der Waals surface area contributed by atoms with Gasteiger partial charge in [-0.05, 0) is 17.7 Å². The van der Waals surface area contributed by atoms with E-state index in [1.807, 2.05) is 36.4 Å². The Hall–Kier alpha value is -1.88. The van der Waals surface area contributed by atoms with E-state index in [1.54, 1.807) is 13.1 Å². The SMILES string of the molecule is CNC(=O)c1cc(Br)cc2c1O[C@H](CF)[C@H]2c1ccccc1. The minimum absolute atomic E-state index is 0.220. The molecular weight excluding hydrogens is 349 g/mol. The average Bonchev–Trinajstić information content (AvgIpc) is 2.92. The van der Waals surface area contributed by atoms with E-state index < -0.39 is 12.8 Å². The lowest BCUT2D eigenvalue weighted by molar-refractivity contribution is 0.0955. The quantitative estimate of drug-likeness (QED) is 0.903. The first-order valence-electron chi connectivity index (χ1n) is 6.98. The molecule has 0 saturated carbocycles. The highest BCUT2D eigenvalue weighted by Crippen LogP contribution is 2.45. The third kappa shape index (κ3) is 2.50. The van der Waals surface area contributed by atoms with Crippen molar-refractivity contribution >= 4 is 21.8 Å². The summed E-state index contributed by atoms with van der Waals surface area (Å²) >= 11 is 3.43. The van der Waals surface area contributed by atoms with Crippen LogP contribution < -0.4 is 10.1 Å². The molecule has 1 N–H and O–H groups in total. The van der Waals surface area contributed by atoms with Crippen molar-refractivity contribution in [3.8, 4) is 5.75 Å². The normalized spacial score (nSPS) is 19.4. The van der Waals surface area contributed by atoms with Crippen molar-refractivity contribution in [2.45, 2.75) is 12.0 Å². The Balaban J connectivity index is 2.16. The third-order valence-electron chi connectivity index (χ3n) is 3.84. The maximum Gasteiger partial charge on any atom is 0.254 e. The number of carbonyl (C=O) groups is 1. The zero-order valence-corrected chi connectivity index (χ0v) is 13.6. The molecule has 3 nitrogen and oxygen atoms in total. The molecule has 0 fully saturated rings. The van der Waals surface area contributed by atoms with Gasteiger partial charge in [0.05, 0.1) is 11.5 Å². The monoisotopic (exact) mass is 363 g/mol. The zero-order valence-electron chi connectivity index (χ0n) is 12.0. The summed E-state index contributed by atoms with van der Waals surface area (Å²) in [5.41, 5.74) is 2.23. The highest BCUT2D eigenvalue weighted by molar-refractivity contribution is 9.10. The highest BCUT2D eigenvalue weighted by atomic mass is 79.9. The van der Waals surface area contributed by atoms with E-state index in [4.69, 9.17) is 4.74 Å². The summed E-state index contributed by atoms with van der Waals surface area (Å²) in [4.78, 5) is 12.1. The smallest absolute Gasteiger partial charge is 0.254 e. The van der Waals surface area contributed by atoms with Crippen LogP contribution in [0.3, 0.4) is 0 Å². The van der Waals surface area contributed by atoms with Gasteiger partial charge in [-0.25, -0.2) is 4.39 Å².